The number of hydrogen-bond acceptors (Lipinski definition) is 2. The molecule has 98 valence electrons. The molecule has 0 spiro atoms. The van der Waals surface area contributed by atoms with E-state index in [-0.39, 0.29) is 18.0 Å². The number of nitrogens with one attached hydrogen (secondary N) is 1. The fourth-order valence-corrected chi connectivity index (χ4v) is 2.15. The highest BCUT2D eigenvalue weighted by atomic mass is 19.2. The number of rotatable bonds is 3. The summed E-state index contributed by atoms with van der Waals surface area (Å²) in [5, 5.41) is 3.16. The largest absolute Gasteiger partial charge is 0.311 e. The van der Waals surface area contributed by atoms with Gasteiger partial charge in [0.25, 0.3) is 0 Å². The Bertz CT molecular complexity index is 462. The van der Waals surface area contributed by atoms with Crippen LogP contribution in [0.4, 0.5) is 14.5 Å². The summed E-state index contributed by atoms with van der Waals surface area (Å²) in [4.78, 5) is 13.6. The first-order valence-corrected chi connectivity index (χ1v) is 6.01. The second-order valence-electron chi connectivity index (χ2n) is 4.75. The maximum absolute atomic E-state index is 13.1. The Balaban J connectivity index is 2.15. The number of anilines is 1. The molecule has 1 aliphatic rings. The minimum atomic E-state index is -0.930. The quantitative estimate of drug-likeness (QED) is 0.895. The zero-order valence-corrected chi connectivity index (χ0v) is 10.4. The third kappa shape index (κ3) is 2.51. The lowest BCUT2D eigenvalue weighted by Crippen LogP contribution is -2.41. The molecule has 0 aromatic heterocycles. The van der Waals surface area contributed by atoms with E-state index >= 15 is 0 Å². The predicted octanol–water partition coefficient (Wildman–Crippen LogP) is 2.07. The molecule has 5 heteroatoms. The molecule has 3 nitrogen and oxygen atoms in total. The first kappa shape index (κ1) is 13.0. The molecule has 1 aliphatic heterocycles. The van der Waals surface area contributed by atoms with Crippen molar-refractivity contribution in [2.45, 2.75) is 32.4 Å². The van der Waals surface area contributed by atoms with Crippen LogP contribution >= 0.6 is 0 Å². The van der Waals surface area contributed by atoms with Gasteiger partial charge in [-0.25, -0.2) is 8.78 Å². The van der Waals surface area contributed by atoms with Crippen LogP contribution in [0.3, 0.4) is 0 Å². The second kappa shape index (κ2) is 5.02. The summed E-state index contributed by atoms with van der Waals surface area (Å²) in [6.45, 7) is 4.45. The second-order valence-corrected chi connectivity index (χ2v) is 4.75. The molecular formula is C13H16F2N2O. The first-order valence-electron chi connectivity index (χ1n) is 6.01. The number of halogens is 2. The van der Waals surface area contributed by atoms with Gasteiger partial charge in [-0.2, -0.15) is 0 Å². The lowest BCUT2D eigenvalue weighted by molar-refractivity contribution is -0.118. The highest BCUT2D eigenvalue weighted by molar-refractivity contribution is 5.99. The molecule has 1 aromatic rings. The van der Waals surface area contributed by atoms with E-state index in [1.165, 1.54) is 11.0 Å². The maximum Gasteiger partial charge on any atom is 0.244 e. The third-order valence-corrected chi connectivity index (χ3v) is 2.95. The number of carbonyl (C=O) groups excluding carboxylic acids is 1. The van der Waals surface area contributed by atoms with Crippen molar-refractivity contribution in [3.8, 4) is 0 Å². The zero-order chi connectivity index (χ0) is 13.3. The first-order chi connectivity index (χ1) is 8.49. The summed E-state index contributed by atoms with van der Waals surface area (Å²) < 4.78 is 26.0. The Hall–Kier alpha value is -1.49. The van der Waals surface area contributed by atoms with Crippen molar-refractivity contribution < 1.29 is 13.6 Å². The van der Waals surface area contributed by atoms with E-state index in [2.05, 4.69) is 5.32 Å². The molecule has 1 aromatic carbocycles. The average Bonchev–Trinajstić information content (AvgIpc) is 2.64. The van der Waals surface area contributed by atoms with Crippen LogP contribution in [0.5, 0.6) is 0 Å². The molecular weight excluding hydrogens is 238 g/mol. The van der Waals surface area contributed by atoms with Crippen molar-refractivity contribution in [3.05, 3.63) is 29.8 Å². The molecule has 0 saturated carbocycles. The third-order valence-electron chi connectivity index (χ3n) is 2.95. The highest BCUT2D eigenvalue weighted by Crippen LogP contribution is 2.23. The van der Waals surface area contributed by atoms with Crippen molar-refractivity contribution in [1.29, 1.82) is 0 Å². The van der Waals surface area contributed by atoms with Gasteiger partial charge in [0.2, 0.25) is 5.91 Å². The van der Waals surface area contributed by atoms with Gasteiger partial charge in [-0.05, 0) is 18.6 Å². The Labute approximate surface area is 105 Å². The van der Waals surface area contributed by atoms with Crippen molar-refractivity contribution in [3.63, 3.8) is 0 Å². The zero-order valence-electron chi connectivity index (χ0n) is 10.4. The summed E-state index contributed by atoms with van der Waals surface area (Å²) in [6, 6.07) is 3.50. The number of benzene rings is 1. The SMILES string of the molecule is CC(C)NC1CCN(c2ccc(F)c(F)c2)C1=O. The molecule has 0 radical (unpaired) electrons. The van der Waals surface area contributed by atoms with Crippen molar-refractivity contribution in [1.82, 2.24) is 5.32 Å². The van der Waals surface area contributed by atoms with Crippen LogP contribution < -0.4 is 10.2 Å². The Morgan fingerprint density at radius 2 is 2.06 bits per heavy atom. The lowest BCUT2D eigenvalue weighted by Gasteiger charge is -2.18. The van der Waals surface area contributed by atoms with Crippen molar-refractivity contribution in [2.24, 2.45) is 0 Å². The van der Waals surface area contributed by atoms with Gasteiger partial charge < -0.3 is 10.2 Å². The van der Waals surface area contributed by atoms with Crippen LogP contribution in [0.1, 0.15) is 20.3 Å². The summed E-state index contributed by atoms with van der Waals surface area (Å²) >= 11 is 0. The summed E-state index contributed by atoms with van der Waals surface area (Å²) in [5.74, 6) is -1.92. The van der Waals surface area contributed by atoms with E-state index < -0.39 is 11.6 Å². The van der Waals surface area contributed by atoms with Crippen LogP contribution in [-0.4, -0.2) is 24.5 Å². The summed E-state index contributed by atoms with van der Waals surface area (Å²) in [7, 11) is 0. The average molecular weight is 254 g/mol. The number of hydrogen-bond donors (Lipinski definition) is 1. The van der Waals surface area contributed by atoms with Crippen molar-refractivity contribution in [2.75, 3.05) is 11.4 Å². The molecule has 0 bridgehead atoms. The number of amides is 1. The van der Waals surface area contributed by atoms with Crippen LogP contribution in [0.25, 0.3) is 0 Å². The van der Waals surface area contributed by atoms with Gasteiger partial charge in [0, 0.05) is 24.3 Å². The van der Waals surface area contributed by atoms with Gasteiger partial charge in [-0.15, -0.1) is 0 Å². The van der Waals surface area contributed by atoms with Gasteiger partial charge in [-0.1, -0.05) is 13.8 Å². The molecule has 18 heavy (non-hydrogen) atoms. The van der Waals surface area contributed by atoms with E-state index in [1.807, 2.05) is 13.8 Å². The van der Waals surface area contributed by atoms with Crippen LogP contribution in [0.15, 0.2) is 18.2 Å². The van der Waals surface area contributed by atoms with Gasteiger partial charge in [0.05, 0.1) is 6.04 Å². The van der Waals surface area contributed by atoms with Crippen molar-refractivity contribution >= 4 is 11.6 Å². The van der Waals surface area contributed by atoms with Crippen LogP contribution in [-0.2, 0) is 4.79 Å². The summed E-state index contributed by atoms with van der Waals surface area (Å²) in [5.41, 5.74) is 0.409. The van der Waals surface area contributed by atoms with Gasteiger partial charge >= 0.3 is 0 Å². The molecule has 0 aliphatic carbocycles. The topological polar surface area (TPSA) is 32.3 Å². The molecule has 2 rings (SSSR count). The van der Waals surface area contributed by atoms with Crippen LogP contribution in [0.2, 0.25) is 0 Å². The standard InChI is InChI=1S/C13H16F2N2O/c1-8(2)16-12-5-6-17(13(12)18)9-3-4-10(14)11(15)7-9/h3-4,7-8,12,16H,5-6H2,1-2H3. The molecule has 1 heterocycles. The summed E-state index contributed by atoms with van der Waals surface area (Å²) in [6.07, 6.45) is 0.677. The van der Waals surface area contributed by atoms with E-state index in [1.54, 1.807) is 0 Å². The van der Waals surface area contributed by atoms with E-state index in [0.29, 0.717) is 18.7 Å². The normalized spacial score (nSPS) is 19.9. The molecule has 1 unspecified atom stereocenters. The number of nitrogens with zero attached hydrogens (tertiary/aromatic N) is 1. The number of carbonyl (C=O) groups is 1. The molecule has 1 fully saturated rings. The smallest absolute Gasteiger partial charge is 0.244 e. The van der Waals surface area contributed by atoms with Gasteiger partial charge in [-0.3, -0.25) is 4.79 Å². The Kier molecular flexibility index (Phi) is 3.61. The lowest BCUT2D eigenvalue weighted by atomic mass is 10.2. The van der Waals surface area contributed by atoms with Crippen LogP contribution in [0, 0.1) is 11.6 Å². The Morgan fingerprint density at radius 3 is 2.67 bits per heavy atom. The molecule has 1 N–H and O–H groups in total. The Morgan fingerprint density at radius 1 is 1.33 bits per heavy atom. The van der Waals surface area contributed by atoms with E-state index in [4.69, 9.17) is 0 Å². The maximum atomic E-state index is 13.1. The van der Waals surface area contributed by atoms with Gasteiger partial charge in [0.15, 0.2) is 11.6 Å². The molecule has 1 amide bonds. The highest BCUT2D eigenvalue weighted by Gasteiger charge is 2.32. The minimum Gasteiger partial charge on any atom is -0.311 e. The molecule has 1 saturated heterocycles. The monoisotopic (exact) mass is 254 g/mol. The fraction of sp³-hybridized carbons (Fsp3) is 0.462. The molecule has 1 atom stereocenters. The van der Waals surface area contributed by atoms with Gasteiger partial charge in [0.1, 0.15) is 0 Å². The van der Waals surface area contributed by atoms with E-state index in [9.17, 15) is 13.6 Å². The van der Waals surface area contributed by atoms with E-state index in [0.717, 1.165) is 12.1 Å². The minimum absolute atomic E-state index is 0.0882. The fourth-order valence-electron chi connectivity index (χ4n) is 2.15. The predicted molar refractivity (Wildman–Crippen MR) is 65.4 cm³/mol.